The van der Waals surface area contributed by atoms with Gasteiger partial charge in [-0.15, -0.1) is 0 Å². The maximum absolute atomic E-state index is 13.1. The molecular weight excluding hydrogens is 340 g/mol. The monoisotopic (exact) mass is 368 g/mol. The Hall–Kier alpha value is -1.60. The van der Waals surface area contributed by atoms with Crippen molar-refractivity contribution in [3.8, 4) is 5.75 Å². The number of hydrogen-bond donors (Lipinski definition) is 1. The van der Waals surface area contributed by atoms with Crippen LogP contribution in [0.4, 0.5) is 0 Å². The number of carbonyl (C=O) groups excluding carboxylic acids is 1. The van der Waals surface area contributed by atoms with E-state index >= 15 is 0 Å². The molecular formula is C18H28N2O4S. The molecule has 0 radical (unpaired) electrons. The maximum atomic E-state index is 13.1. The summed E-state index contributed by atoms with van der Waals surface area (Å²) in [4.78, 5) is 12.5. The molecule has 6 nitrogen and oxygen atoms in total. The van der Waals surface area contributed by atoms with E-state index in [1.807, 2.05) is 26.8 Å². The van der Waals surface area contributed by atoms with E-state index in [1.165, 1.54) is 11.4 Å². The van der Waals surface area contributed by atoms with Gasteiger partial charge in [0.15, 0.2) is 0 Å². The molecule has 1 atom stereocenters. The van der Waals surface area contributed by atoms with E-state index in [9.17, 15) is 13.2 Å². The standard InChI is InChI=1S/C18H28N2O4S/c1-13(2)11-19-18(21)15-6-5-9-20(12-15)25(22,23)17-10-14(3)7-8-16(17)24-4/h7-8,10,13,15H,5-6,9,11-12H2,1-4H3,(H,19,21)/t15-/m0/s1. The van der Waals surface area contributed by atoms with Gasteiger partial charge in [0.25, 0.3) is 0 Å². The second-order valence-electron chi connectivity index (χ2n) is 7.00. The molecule has 1 aromatic carbocycles. The first-order valence-corrected chi connectivity index (χ1v) is 10.1. The van der Waals surface area contributed by atoms with Crippen molar-refractivity contribution in [2.45, 2.75) is 38.5 Å². The van der Waals surface area contributed by atoms with Gasteiger partial charge in [-0.2, -0.15) is 4.31 Å². The minimum atomic E-state index is -3.70. The Labute approximate surface area is 150 Å². The van der Waals surface area contributed by atoms with E-state index in [0.29, 0.717) is 37.6 Å². The summed E-state index contributed by atoms with van der Waals surface area (Å²) < 4.78 is 32.8. The van der Waals surface area contributed by atoms with Gasteiger partial charge in [0.1, 0.15) is 10.6 Å². The van der Waals surface area contributed by atoms with Gasteiger partial charge in [-0.05, 0) is 43.4 Å². The van der Waals surface area contributed by atoms with Crippen LogP contribution in [-0.2, 0) is 14.8 Å². The van der Waals surface area contributed by atoms with Gasteiger partial charge in [-0.25, -0.2) is 8.42 Å². The van der Waals surface area contributed by atoms with Crippen LogP contribution in [0.2, 0.25) is 0 Å². The number of benzene rings is 1. The van der Waals surface area contributed by atoms with Crippen LogP contribution in [0, 0.1) is 18.8 Å². The van der Waals surface area contributed by atoms with Crippen LogP contribution >= 0.6 is 0 Å². The van der Waals surface area contributed by atoms with Crippen molar-refractivity contribution in [1.29, 1.82) is 0 Å². The average molecular weight is 368 g/mol. The van der Waals surface area contributed by atoms with E-state index in [0.717, 1.165) is 5.56 Å². The fraction of sp³-hybridized carbons (Fsp3) is 0.611. The minimum absolute atomic E-state index is 0.0650. The molecule has 1 aliphatic rings. The molecule has 25 heavy (non-hydrogen) atoms. The van der Waals surface area contributed by atoms with Gasteiger partial charge < -0.3 is 10.1 Å². The van der Waals surface area contributed by atoms with Crippen molar-refractivity contribution in [3.63, 3.8) is 0 Å². The summed E-state index contributed by atoms with van der Waals surface area (Å²) in [6.07, 6.45) is 1.38. The molecule has 0 bridgehead atoms. The van der Waals surface area contributed by atoms with E-state index < -0.39 is 10.0 Å². The smallest absolute Gasteiger partial charge is 0.246 e. The molecule has 1 N–H and O–H groups in total. The number of nitrogens with zero attached hydrogens (tertiary/aromatic N) is 1. The second-order valence-corrected chi connectivity index (χ2v) is 8.90. The minimum Gasteiger partial charge on any atom is -0.495 e. The summed E-state index contributed by atoms with van der Waals surface area (Å²) in [5.41, 5.74) is 0.850. The highest BCUT2D eigenvalue weighted by Crippen LogP contribution is 2.30. The molecule has 0 aromatic heterocycles. The molecule has 1 saturated heterocycles. The van der Waals surface area contributed by atoms with Crippen molar-refractivity contribution in [2.24, 2.45) is 11.8 Å². The number of rotatable bonds is 6. The molecule has 2 rings (SSSR count). The van der Waals surface area contributed by atoms with Gasteiger partial charge in [0.2, 0.25) is 15.9 Å². The molecule has 1 aromatic rings. The Balaban J connectivity index is 2.20. The summed E-state index contributed by atoms with van der Waals surface area (Å²) in [6, 6.07) is 5.10. The van der Waals surface area contributed by atoms with Crippen molar-refractivity contribution in [1.82, 2.24) is 9.62 Å². The lowest BCUT2D eigenvalue weighted by molar-refractivity contribution is -0.126. The first kappa shape index (κ1) is 19.7. The highest BCUT2D eigenvalue weighted by Gasteiger charge is 2.34. The maximum Gasteiger partial charge on any atom is 0.246 e. The first-order chi connectivity index (χ1) is 11.8. The predicted molar refractivity (Wildman–Crippen MR) is 97.1 cm³/mol. The summed E-state index contributed by atoms with van der Waals surface area (Å²) in [5, 5.41) is 2.91. The number of nitrogens with one attached hydrogen (secondary N) is 1. The second kappa shape index (κ2) is 8.19. The zero-order valence-electron chi connectivity index (χ0n) is 15.4. The molecule has 140 valence electrons. The number of methoxy groups -OCH3 is 1. The third kappa shape index (κ3) is 4.73. The SMILES string of the molecule is COc1ccc(C)cc1S(=O)(=O)N1CCC[C@H](C(=O)NCC(C)C)C1. The van der Waals surface area contributed by atoms with Crippen LogP contribution in [0.15, 0.2) is 23.1 Å². The molecule has 0 aliphatic carbocycles. The Morgan fingerprint density at radius 2 is 2.12 bits per heavy atom. The number of piperidine rings is 1. The van der Waals surface area contributed by atoms with Gasteiger partial charge in [-0.3, -0.25) is 4.79 Å². The highest BCUT2D eigenvalue weighted by atomic mass is 32.2. The third-order valence-corrected chi connectivity index (χ3v) is 6.26. The van der Waals surface area contributed by atoms with Crippen molar-refractivity contribution < 1.29 is 17.9 Å². The fourth-order valence-corrected chi connectivity index (χ4v) is 4.71. The average Bonchev–Trinajstić information content (AvgIpc) is 2.59. The molecule has 1 fully saturated rings. The topological polar surface area (TPSA) is 75.7 Å². The molecule has 0 saturated carbocycles. The molecule has 1 aliphatic heterocycles. The number of hydrogen-bond acceptors (Lipinski definition) is 4. The van der Waals surface area contributed by atoms with Crippen LogP contribution in [0.1, 0.15) is 32.3 Å². The van der Waals surface area contributed by atoms with Crippen molar-refractivity contribution >= 4 is 15.9 Å². The van der Waals surface area contributed by atoms with Crippen molar-refractivity contribution in [3.05, 3.63) is 23.8 Å². The van der Waals surface area contributed by atoms with E-state index in [4.69, 9.17) is 4.74 Å². The largest absolute Gasteiger partial charge is 0.495 e. The van der Waals surface area contributed by atoms with E-state index in [2.05, 4.69) is 5.32 Å². The first-order valence-electron chi connectivity index (χ1n) is 8.68. The Morgan fingerprint density at radius 1 is 1.40 bits per heavy atom. The van der Waals surface area contributed by atoms with Crippen molar-refractivity contribution in [2.75, 3.05) is 26.7 Å². The quantitative estimate of drug-likeness (QED) is 0.835. The summed E-state index contributed by atoms with van der Waals surface area (Å²) in [5.74, 6) is 0.323. The van der Waals surface area contributed by atoms with Gasteiger partial charge >= 0.3 is 0 Å². The van der Waals surface area contributed by atoms with Gasteiger partial charge in [0.05, 0.1) is 13.0 Å². The Kier molecular flexibility index (Phi) is 6.46. The Bertz CT molecular complexity index is 716. The van der Waals surface area contributed by atoms with Gasteiger partial charge in [0, 0.05) is 19.6 Å². The molecule has 7 heteroatoms. The van der Waals surface area contributed by atoms with E-state index in [1.54, 1.807) is 12.1 Å². The van der Waals surface area contributed by atoms with Gasteiger partial charge in [-0.1, -0.05) is 19.9 Å². The number of amides is 1. The lowest BCUT2D eigenvalue weighted by Gasteiger charge is -2.31. The van der Waals surface area contributed by atoms with Crippen LogP contribution in [0.25, 0.3) is 0 Å². The van der Waals surface area contributed by atoms with Crippen LogP contribution in [0.5, 0.6) is 5.75 Å². The number of ether oxygens (including phenoxy) is 1. The highest BCUT2D eigenvalue weighted by molar-refractivity contribution is 7.89. The molecule has 1 amide bonds. The predicted octanol–water partition coefficient (Wildman–Crippen LogP) is 2.18. The molecule has 0 unspecified atom stereocenters. The number of sulfonamides is 1. The Morgan fingerprint density at radius 3 is 2.76 bits per heavy atom. The number of carbonyl (C=O) groups is 1. The van der Waals surface area contributed by atoms with Crippen LogP contribution in [-0.4, -0.2) is 45.4 Å². The van der Waals surface area contributed by atoms with Crippen LogP contribution in [0.3, 0.4) is 0 Å². The third-order valence-electron chi connectivity index (χ3n) is 4.38. The summed E-state index contributed by atoms with van der Waals surface area (Å²) in [7, 11) is -2.24. The lowest BCUT2D eigenvalue weighted by Crippen LogP contribution is -2.46. The lowest BCUT2D eigenvalue weighted by atomic mass is 9.98. The molecule has 0 spiro atoms. The van der Waals surface area contributed by atoms with E-state index in [-0.39, 0.29) is 23.3 Å². The summed E-state index contributed by atoms with van der Waals surface area (Å²) in [6.45, 7) is 7.14. The normalized spacial score (nSPS) is 19.0. The molecule has 1 heterocycles. The summed E-state index contributed by atoms with van der Waals surface area (Å²) >= 11 is 0. The van der Waals surface area contributed by atoms with Crippen LogP contribution < -0.4 is 10.1 Å². The fourth-order valence-electron chi connectivity index (χ4n) is 2.95. The number of aryl methyl sites for hydroxylation is 1. The zero-order valence-corrected chi connectivity index (χ0v) is 16.2. The zero-order chi connectivity index (χ0) is 18.6.